The molecule has 0 heterocycles. The highest BCUT2D eigenvalue weighted by Crippen LogP contribution is 2.43. The third-order valence-corrected chi connectivity index (χ3v) is 5.21. The van der Waals surface area contributed by atoms with Gasteiger partial charge < -0.3 is 14.4 Å². The first-order chi connectivity index (χ1) is 13.9. The third kappa shape index (κ3) is 20.1. The van der Waals surface area contributed by atoms with Crippen LogP contribution in [0.1, 0.15) is 90.9 Å². The van der Waals surface area contributed by atoms with Gasteiger partial charge >= 0.3 is 19.8 Å². The Morgan fingerprint density at radius 3 is 1.28 bits per heavy atom. The van der Waals surface area contributed by atoms with Crippen molar-refractivity contribution in [3.8, 4) is 0 Å². The zero-order chi connectivity index (χ0) is 21.8. The van der Waals surface area contributed by atoms with Crippen LogP contribution in [0, 0.1) is 0 Å². The Hall–Kier alpha value is -0.950. The molecule has 9 heteroatoms. The van der Waals surface area contributed by atoms with E-state index >= 15 is 0 Å². The molecule has 0 atom stereocenters. The van der Waals surface area contributed by atoms with Crippen LogP contribution >= 0.6 is 7.82 Å². The fourth-order valence-electron chi connectivity index (χ4n) is 2.44. The molecule has 0 aliphatic rings. The minimum Gasteiger partial charge on any atom is -0.466 e. The molecule has 0 aliphatic heterocycles. The number of esters is 2. The fraction of sp³-hybridized carbons (Fsp3) is 0.900. The van der Waals surface area contributed by atoms with Gasteiger partial charge in [-0.2, -0.15) is 0 Å². The van der Waals surface area contributed by atoms with E-state index in [2.05, 4.69) is 0 Å². The summed E-state index contributed by atoms with van der Waals surface area (Å²) in [6.45, 7) is 4.82. The lowest BCUT2D eigenvalue weighted by molar-refractivity contribution is -0.144. The number of rotatable bonds is 20. The highest BCUT2D eigenvalue weighted by molar-refractivity contribution is 7.47. The average Bonchev–Trinajstić information content (AvgIpc) is 2.70. The highest BCUT2D eigenvalue weighted by atomic mass is 31.2. The minimum atomic E-state index is -3.97. The van der Waals surface area contributed by atoms with E-state index in [-0.39, 0.29) is 25.2 Å². The number of ether oxygens (including phenoxy) is 2. The van der Waals surface area contributed by atoms with Crippen molar-refractivity contribution in [1.29, 1.82) is 0 Å². The molecule has 0 unspecified atom stereocenters. The van der Waals surface area contributed by atoms with Crippen LogP contribution in [-0.2, 0) is 32.7 Å². The summed E-state index contributed by atoms with van der Waals surface area (Å²) in [6, 6.07) is 0. The Morgan fingerprint density at radius 1 is 0.621 bits per heavy atom. The predicted octanol–water partition coefficient (Wildman–Crippen LogP) is 4.93. The number of hydrogen-bond donors (Lipinski definition) is 1. The standard InChI is InChI=1S/C20H39O8P/c1-3-19(21)25-15-11-7-5-9-13-17-27-29(23,24)28-18-14-10-6-8-12-16-26-20(22)4-2/h3-18H2,1-2H3,(H,23,24). The van der Waals surface area contributed by atoms with E-state index in [0.717, 1.165) is 51.4 Å². The van der Waals surface area contributed by atoms with E-state index in [1.165, 1.54) is 0 Å². The lowest BCUT2D eigenvalue weighted by atomic mass is 10.1. The maximum Gasteiger partial charge on any atom is 0.472 e. The second-order valence-corrected chi connectivity index (χ2v) is 8.27. The number of hydrogen-bond acceptors (Lipinski definition) is 7. The second kappa shape index (κ2) is 19.0. The largest absolute Gasteiger partial charge is 0.472 e. The molecule has 0 aromatic carbocycles. The van der Waals surface area contributed by atoms with Crippen LogP contribution in [0.4, 0.5) is 0 Å². The summed E-state index contributed by atoms with van der Waals surface area (Å²) in [5, 5.41) is 0. The maximum absolute atomic E-state index is 11.8. The van der Waals surface area contributed by atoms with Gasteiger partial charge in [0, 0.05) is 12.8 Å². The SMILES string of the molecule is CCC(=O)OCCCCCCCOP(=O)(O)OCCCCCCCOC(=O)CC. The van der Waals surface area contributed by atoms with Gasteiger partial charge in [-0.1, -0.05) is 52.4 Å². The van der Waals surface area contributed by atoms with Crippen LogP contribution in [0.25, 0.3) is 0 Å². The second-order valence-electron chi connectivity index (χ2n) is 6.82. The lowest BCUT2D eigenvalue weighted by Gasteiger charge is -2.12. The molecule has 0 saturated carbocycles. The normalized spacial score (nSPS) is 11.4. The van der Waals surface area contributed by atoms with Gasteiger partial charge in [0.05, 0.1) is 26.4 Å². The molecular formula is C20H39O8P. The molecular weight excluding hydrogens is 399 g/mol. The van der Waals surface area contributed by atoms with Crippen molar-refractivity contribution >= 4 is 19.8 Å². The van der Waals surface area contributed by atoms with Crippen LogP contribution in [0.5, 0.6) is 0 Å². The minimum absolute atomic E-state index is 0.174. The van der Waals surface area contributed by atoms with Gasteiger partial charge in [-0.15, -0.1) is 0 Å². The van der Waals surface area contributed by atoms with Crippen LogP contribution < -0.4 is 0 Å². The molecule has 0 fully saturated rings. The lowest BCUT2D eigenvalue weighted by Crippen LogP contribution is -2.03. The Bertz CT molecular complexity index is 431. The van der Waals surface area contributed by atoms with Crippen LogP contribution in [-0.4, -0.2) is 43.3 Å². The Morgan fingerprint density at radius 2 is 0.931 bits per heavy atom. The molecule has 8 nitrogen and oxygen atoms in total. The van der Waals surface area contributed by atoms with Gasteiger partial charge in [-0.05, 0) is 25.7 Å². The van der Waals surface area contributed by atoms with Crippen LogP contribution in [0.3, 0.4) is 0 Å². The number of carbonyl (C=O) groups excluding carboxylic acids is 2. The average molecular weight is 438 g/mol. The van der Waals surface area contributed by atoms with Crippen molar-refractivity contribution in [2.75, 3.05) is 26.4 Å². The Balaban J connectivity index is 3.41. The summed E-state index contributed by atoms with van der Waals surface area (Å²) in [5.74, 6) is -0.349. The van der Waals surface area contributed by atoms with Crippen molar-refractivity contribution in [3.05, 3.63) is 0 Å². The fourth-order valence-corrected chi connectivity index (χ4v) is 3.24. The molecule has 1 N–H and O–H groups in total. The number of phosphoric acid groups is 1. The first-order valence-corrected chi connectivity index (χ1v) is 12.3. The molecule has 0 radical (unpaired) electrons. The zero-order valence-electron chi connectivity index (χ0n) is 18.1. The summed E-state index contributed by atoms with van der Waals surface area (Å²) in [4.78, 5) is 31.5. The van der Waals surface area contributed by atoms with E-state index < -0.39 is 7.82 Å². The summed E-state index contributed by atoms with van der Waals surface area (Å²) >= 11 is 0. The molecule has 0 amide bonds. The van der Waals surface area contributed by atoms with E-state index in [1.54, 1.807) is 13.8 Å². The van der Waals surface area contributed by atoms with Gasteiger partial charge in [-0.3, -0.25) is 18.6 Å². The predicted molar refractivity (Wildman–Crippen MR) is 110 cm³/mol. The molecule has 29 heavy (non-hydrogen) atoms. The van der Waals surface area contributed by atoms with E-state index in [9.17, 15) is 19.0 Å². The number of carbonyl (C=O) groups is 2. The van der Waals surface area contributed by atoms with Crippen LogP contribution in [0.2, 0.25) is 0 Å². The van der Waals surface area contributed by atoms with E-state index in [4.69, 9.17) is 18.5 Å². The molecule has 0 aromatic rings. The molecule has 0 aromatic heterocycles. The van der Waals surface area contributed by atoms with Crippen molar-refractivity contribution in [2.24, 2.45) is 0 Å². The van der Waals surface area contributed by atoms with Gasteiger partial charge in [-0.25, -0.2) is 4.57 Å². The summed E-state index contributed by atoms with van der Waals surface area (Å²) in [6.07, 6.45) is 9.42. The van der Waals surface area contributed by atoms with Crippen molar-refractivity contribution in [2.45, 2.75) is 90.9 Å². The van der Waals surface area contributed by atoms with Crippen molar-refractivity contribution in [3.63, 3.8) is 0 Å². The van der Waals surface area contributed by atoms with Crippen molar-refractivity contribution in [1.82, 2.24) is 0 Å². The first-order valence-electron chi connectivity index (χ1n) is 10.8. The summed E-state index contributed by atoms with van der Waals surface area (Å²) < 4.78 is 31.7. The topological polar surface area (TPSA) is 108 Å². The quantitative estimate of drug-likeness (QED) is 0.162. The maximum atomic E-state index is 11.8. The van der Waals surface area contributed by atoms with Gasteiger partial charge in [0.25, 0.3) is 0 Å². The van der Waals surface area contributed by atoms with Gasteiger partial charge in [0.15, 0.2) is 0 Å². The third-order valence-electron chi connectivity index (χ3n) is 4.19. The molecule has 0 rings (SSSR count). The van der Waals surface area contributed by atoms with Gasteiger partial charge in [0.1, 0.15) is 0 Å². The Labute approximate surface area is 175 Å². The van der Waals surface area contributed by atoms with E-state index in [0.29, 0.717) is 38.9 Å². The van der Waals surface area contributed by atoms with Crippen molar-refractivity contribution < 1.29 is 37.6 Å². The summed E-state index contributed by atoms with van der Waals surface area (Å²) in [7, 11) is -3.97. The smallest absolute Gasteiger partial charge is 0.466 e. The number of unbranched alkanes of at least 4 members (excludes halogenated alkanes) is 8. The number of phosphoric ester groups is 1. The molecule has 172 valence electrons. The first kappa shape index (κ1) is 28.1. The summed E-state index contributed by atoms with van der Waals surface area (Å²) in [5.41, 5.74) is 0. The zero-order valence-corrected chi connectivity index (χ0v) is 19.0. The van der Waals surface area contributed by atoms with E-state index in [1.807, 2.05) is 0 Å². The molecule has 0 bridgehead atoms. The molecule has 0 spiro atoms. The van der Waals surface area contributed by atoms with Crippen LogP contribution in [0.15, 0.2) is 0 Å². The van der Waals surface area contributed by atoms with Gasteiger partial charge in [0.2, 0.25) is 0 Å². The molecule has 0 saturated heterocycles. The Kier molecular flexibility index (Phi) is 18.4. The molecule has 0 aliphatic carbocycles. The highest BCUT2D eigenvalue weighted by Gasteiger charge is 2.19. The monoisotopic (exact) mass is 438 g/mol.